The van der Waals surface area contributed by atoms with Gasteiger partial charge in [-0.25, -0.2) is 4.98 Å². The van der Waals surface area contributed by atoms with E-state index in [0.717, 1.165) is 11.0 Å². The molecule has 0 bridgehead atoms. The van der Waals surface area contributed by atoms with Crippen LogP contribution in [0.5, 0.6) is 0 Å². The van der Waals surface area contributed by atoms with Crippen molar-refractivity contribution in [1.82, 2.24) is 14.5 Å². The maximum Gasteiger partial charge on any atom is 0.313 e. The molecule has 1 aromatic carbocycles. The zero-order chi connectivity index (χ0) is 16.2. The van der Waals surface area contributed by atoms with Gasteiger partial charge in [0.2, 0.25) is 0 Å². The normalized spacial score (nSPS) is 13.7. The van der Waals surface area contributed by atoms with Crippen molar-refractivity contribution in [3.8, 4) is 0 Å². The number of aromatic nitrogens is 3. The molecule has 0 saturated carbocycles. The lowest BCUT2D eigenvalue weighted by Gasteiger charge is -2.21. The number of nitrogens with zero attached hydrogens (tertiary/aromatic N) is 3. The van der Waals surface area contributed by atoms with Gasteiger partial charge in [-0.3, -0.25) is 9.78 Å². The third-order valence-corrected chi connectivity index (χ3v) is 3.85. The van der Waals surface area contributed by atoms with Crippen molar-refractivity contribution in [1.29, 1.82) is 0 Å². The summed E-state index contributed by atoms with van der Waals surface area (Å²) in [4.78, 5) is 20.4. The van der Waals surface area contributed by atoms with Gasteiger partial charge in [0.05, 0.1) is 30.6 Å². The van der Waals surface area contributed by atoms with Crippen molar-refractivity contribution in [2.45, 2.75) is 12.6 Å². The maximum absolute atomic E-state index is 12.2. The third-order valence-electron chi connectivity index (χ3n) is 3.85. The summed E-state index contributed by atoms with van der Waals surface area (Å²) >= 11 is 0. The molecule has 0 spiro atoms. The molecule has 6 heteroatoms. The summed E-state index contributed by atoms with van der Waals surface area (Å²) in [5.74, 6) is -1.20. The van der Waals surface area contributed by atoms with Gasteiger partial charge in [-0.2, -0.15) is 0 Å². The Labute approximate surface area is 133 Å². The van der Waals surface area contributed by atoms with Crippen molar-refractivity contribution in [2.24, 2.45) is 5.92 Å². The molecule has 3 aromatic rings. The molecule has 0 unspecified atom stereocenters. The molecule has 0 amide bonds. The van der Waals surface area contributed by atoms with Crippen LogP contribution >= 0.6 is 0 Å². The highest BCUT2D eigenvalue weighted by Crippen LogP contribution is 2.25. The van der Waals surface area contributed by atoms with Gasteiger partial charge in [-0.05, 0) is 29.8 Å². The zero-order valence-electron chi connectivity index (χ0n) is 12.7. The molecular formula is C17H17N3O3. The minimum absolute atomic E-state index is 0.274. The first-order chi connectivity index (χ1) is 11.2. The molecule has 0 radical (unpaired) electrons. The minimum Gasteiger partial charge on any atom is -0.469 e. The fourth-order valence-electron chi connectivity index (χ4n) is 2.62. The highest BCUT2D eigenvalue weighted by Gasteiger charge is 2.29. The first-order valence-corrected chi connectivity index (χ1v) is 7.26. The lowest BCUT2D eigenvalue weighted by molar-refractivity contribution is -0.150. The number of carbonyl (C=O) groups excluding carboxylic acids is 1. The Morgan fingerprint density at radius 3 is 2.74 bits per heavy atom. The number of hydrogen-bond donors (Lipinski definition) is 1. The number of para-hydroxylation sites is 2. The van der Waals surface area contributed by atoms with Gasteiger partial charge < -0.3 is 14.4 Å². The lowest BCUT2D eigenvalue weighted by Crippen LogP contribution is -2.28. The van der Waals surface area contributed by atoms with Gasteiger partial charge in [-0.15, -0.1) is 0 Å². The lowest BCUT2D eigenvalue weighted by atomic mass is 9.96. The van der Waals surface area contributed by atoms with Crippen molar-refractivity contribution in [2.75, 3.05) is 7.11 Å². The van der Waals surface area contributed by atoms with Crippen LogP contribution in [0.25, 0.3) is 11.0 Å². The molecule has 2 atom stereocenters. The molecule has 0 saturated heterocycles. The van der Waals surface area contributed by atoms with Crippen molar-refractivity contribution in [3.05, 3.63) is 60.7 Å². The van der Waals surface area contributed by atoms with Crippen molar-refractivity contribution < 1.29 is 14.6 Å². The van der Waals surface area contributed by atoms with Crippen LogP contribution in [-0.2, 0) is 16.1 Å². The number of methoxy groups -OCH3 is 1. The number of ether oxygens (including phenoxy) is 1. The largest absolute Gasteiger partial charge is 0.469 e. The second-order valence-corrected chi connectivity index (χ2v) is 5.24. The van der Waals surface area contributed by atoms with E-state index >= 15 is 0 Å². The van der Waals surface area contributed by atoms with Crippen LogP contribution in [0.3, 0.4) is 0 Å². The first-order valence-electron chi connectivity index (χ1n) is 7.26. The second-order valence-electron chi connectivity index (χ2n) is 5.24. The average molecular weight is 311 g/mol. The number of hydrogen-bond acceptors (Lipinski definition) is 5. The standard InChI is InChI=1S/C17H17N3O3/c1-23-17(22)13(16(21)12-6-8-18-9-7-12)10-20-11-19-14-4-2-3-5-15(14)20/h2-9,11,13,16,21H,10H2,1H3/t13-,16+/m1/s1. The van der Waals surface area contributed by atoms with Gasteiger partial charge in [0, 0.05) is 18.9 Å². The summed E-state index contributed by atoms with van der Waals surface area (Å²) in [6.45, 7) is 0.274. The maximum atomic E-state index is 12.2. The number of pyridine rings is 1. The summed E-state index contributed by atoms with van der Waals surface area (Å²) < 4.78 is 6.72. The number of imidazole rings is 1. The first kappa shape index (κ1) is 15.2. The Balaban J connectivity index is 1.92. The molecule has 0 aliphatic carbocycles. The molecule has 2 aromatic heterocycles. The van der Waals surface area contributed by atoms with Crippen LogP contribution in [0.2, 0.25) is 0 Å². The van der Waals surface area contributed by atoms with Gasteiger partial charge in [0.1, 0.15) is 5.92 Å². The molecule has 118 valence electrons. The summed E-state index contributed by atoms with van der Waals surface area (Å²) in [5.41, 5.74) is 2.37. The van der Waals surface area contributed by atoms with Gasteiger partial charge in [-0.1, -0.05) is 12.1 Å². The van der Waals surface area contributed by atoms with E-state index in [0.29, 0.717) is 5.56 Å². The Bertz CT molecular complexity index is 801. The van der Waals surface area contributed by atoms with Gasteiger partial charge >= 0.3 is 5.97 Å². The number of aliphatic hydroxyl groups is 1. The quantitative estimate of drug-likeness (QED) is 0.729. The van der Waals surface area contributed by atoms with E-state index in [2.05, 4.69) is 9.97 Å². The Kier molecular flexibility index (Phi) is 4.34. The smallest absolute Gasteiger partial charge is 0.313 e. The van der Waals surface area contributed by atoms with Crippen LogP contribution in [0.4, 0.5) is 0 Å². The van der Waals surface area contributed by atoms with Crippen molar-refractivity contribution in [3.63, 3.8) is 0 Å². The number of benzene rings is 1. The SMILES string of the molecule is COC(=O)[C@H](Cn1cnc2ccccc21)[C@@H](O)c1ccncc1. The topological polar surface area (TPSA) is 77.2 Å². The molecular weight excluding hydrogens is 294 g/mol. The molecule has 0 aliphatic heterocycles. The van der Waals surface area contributed by atoms with Crippen LogP contribution in [0, 0.1) is 5.92 Å². The summed E-state index contributed by atoms with van der Waals surface area (Å²) in [6, 6.07) is 11.0. The minimum atomic E-state index is -0.980. The van der Waals surface area contributed by atoms with Crippen LogP contribution in [0.15, 0.2) is 55.1 Å². The summed E-state index contributed by atoms with van der Waals surface area (Å²) in [6.07, 6.45) is 3.85. The van der Waals surface area contributed by atoms with E-state index in [1.165, 1.54) is 7.11 Å². The van der Waals surface area contributed by atoms with E-state index in [4.69, 9.17) is 4.74 Å². The number of esters is 1. The highest BCUT2D eigenvalue weighted by molar-refractivity contribution is 5.76. The van der Waals surface area contributed by atoms with E-state index in [1.807, 2.05) is 28.8 Å². The molecule has 0 fully saturated rings. The fourth-order valence-corrected chi connectivity index (χ4v) is 2.62. The third kappa shape index (κ3) is 3.07. The van der Waals surface area contributed by atoms with Gasteiger partial charge in [0.25, 0.3) is 0 Å². The molecule has 2 heterocycles. The number of aliphatic hydroxyl groups excluding tert-OH is 1. The summed E-state index contributed by atoms with van der Waals surface area (Å²) in [5, 5.41) is 10.6. The number of rotatable bonds is 5. The Morgan fingerprint density at radius 1 is 1.26 bits per heavy atom. The monoisotopic (exact) mass is 311 g/mol. The highest BCUT2D eigenvalue weighted by atomic mass is 16.5. The van der Waals surface area contributed by atoms with E-state index in [9.17, 15) is 9.90 Å². The second kappa shape index (κ2) is 6.58. The molecule has 23 heavy (non-hydrogen) atoms. The Morgan fingerprint density at radius 2 is 2.00 bits per heavy atom. The summed E-state index contributed by atoms with van der Waals surface area (Å²) in [7, 11) is 1.32. The Hall–Kier alpha value is -2.73. The molecule has 0 aliphatic rings. The van der Waals surface area contributed by atoms with Crippen LogP contribution < -0.4 is 0 Å². The van der Waals surface area contributed by atoms with E-state index < -0.39 is 18.0 Å². The zero-order valence-corrected chi connectivity index (χ0v) is 12.7. The molecule has 6 nitrogen and oxygen atoms in total. The predicted molar refractivity (Wildman–Crippen MR) is 84.4 cm³/mol. The molecule has 1 N–H and O–H groups in total. The van der Waals surface area contributed by atoms with Crippen LogP contribution in [0.1, 0.15) is 11.7 Å². The van der Waals surface area contributed by atoms with Crippen molar-refractivity contribution >= 4 is 17.0 Å². The number of fused-ring (bicyclic) bond motifs is 1. The fraction of sp³-hybridized carbons (Fsp3) is 0.235. The van der Waals surface area contributed by atoms with E-state index in [-0.39, 0.29) is 6.54 Å². The predicted octanol–water partition coefficient (Wildman–Crippen LogP) is 1.95. The number of carbonyl (C=O) groups is 1. The molecule has 3 rings (SSSR count). The van der Waals surface area contributed by atoms with E-state index in [1.54, 1.807) is 30.9 Å². The average Bonchev–Trinajstić information content (AvgIpc) is 3.02. The van der Waals surface area contributed by atoms with Gasteiger partial charge in [0.15, 0.2) is 0 Å². The van der Waals surface area contributed by atoms with Crippen LogP contribution in [-0.4, -0.2) is 32.7 Å².